The van der Waals surface area contributed by atoms with E-state index in [9.17, 15) is 9.59 Å². The van der Waals surface area contributed by atoms with Gasteiger partial charge in [-0.3, -0.25) is 14.5 Å². The molecule has 0 N–H and O–H groups in total. The quantitative estimate of drug-likeness (QED) is 0.0433. The summed E-state index contributed by atoms with van der Waals surface area (Å²) in [4.78, 5) is 30.4. The van der Waals surface area contributed by atoms with Crippen molar-refractivity contribution >= 4 is 11.9 Å². The van der Waals surface area contributed by atoms with Gasteiger partial charge in [-0.25, -0.2) is 0 Å². The molecule has 382 valence electrons. The second-order valence-corrected chi connectivity index (χ2v) is 18.5. The molecule has 10 nitrogen and oxygen atoms in total. The molecule has 0 aliphatic heterocycles. The molecule has 0 radical (unpaired) electrons. The minimum absolute atomic E-state index is 0.0120. The molecule has 0 aromatic heterocycles. The Morgan fingerprint density at radius 3 is 1.20 bits per heavy atom. The third-order valence-corrected chi connectivity index (χ3v) is 12.5. The molecule has 0 rings (SSSR count). The molecule has 0 heterocycles. The number of carbonyl (C=O) groups is 2. The van der Waals surface area contributed by atoms with Gasteiger partial charge in [0.25, 0.3) is 0 Å². The molecule has 0 saturated carbocycles. The van der Waals surface area contributed by atoms with Crippen LogP contribution in [-0.4, -0.2) is 128 Å². The maximum Gasteiger partial charge on any atom is 0.306 e. The average Bonchev–Trinajstić information content (AvgIpc) is 3.29. The Bertz CT molecular complexity index is 913. The number of methoxy groups -OCH3 is 2. The molecule has 0 atom stereocenters. The summed E-state index contributed by atoms with van der Waals surface area (Å²) in [5, 5.41) is 0. The summed E-state index contributed by atoms with van der Waals surface area (Å²) in [6.07, 6.45) is 38.4. The van der Waals surface area contributed by atoms with E-state index in [0.717, 1.165) is 110 Å². The zero-order valence-corrected chi connectivity index (χ0v) is 43.3. The summed E-state index contributed by atoms with van der Waals surface area (Å²) in [5.74, 6) is -0.0279. The van der Waals surface area contributed by atoms with Gasteiger partial charge in [-0.15, -0.1) is 0 Å². The van der Waals surface area contributed by atoms with E-state index >= 15 is 0 Å². The lowest BCUT2D eigenvalue weighted by molar-refractivity contribution is -0.150. The predicted molar refractivity (Wildman–Crippen MR) is 268 cm³/mol. The first-order chi connectivity index (χ1) is 31.5. The fourth-order valence-corrected chi connectivity index (χ4v) is 8.23. The first kappa shape index (κ1) is 62.7. The second kappa shape index (κ2) is 52.7. The van der Waals surface area contributed by atoms with Gasteiger partial charge in [0.2, 0.25) is 0 Å². The van der Waals surface area contributed by atoms with Crippen LogP contribution in [0.2, 0.25) is 0 Å². The molecule has 10 heteroatoms. The highest BCUT2D eigenvalue weighted by atomic mass is 16.5. The number of carbonyl (C=O) groups excluding carboxylic acids is 2. The first-order valence-corrected chi connectivity index (χ1v) is 27.4. The van der Waals surface area contributed by atoms with Gasteiger partial charge in [0.15, 0.2) is 0 Å². The van der Waals surface area contributed by atoms with Crippen LogP contribution >= 0.6 is 0 Å². The van der Waals surface area contributed by atoms with Crippen molar-refractivity contribution in [1.29, 1.82) is 0 Å². The Morgan fingerprint density at radius 2 is 0.734 bits per heavy atom. The number of esters is 2. The molecule has 0 fully saturated rings. The highest BCUT2D eigenvalue weighted by Crippen LogP contribution is 2.19. The summed E-state index contributed by atoms with van der Waals surface area (Å²) in [7, 11) is 3.40. The van der Waals surface area contributed by atoms with Crippen molar-refractivity contribution in [3.05, 3.63) is 0 Å². The number of unbranched alkanes of at least 4 members (excludes halogenated alkanes) is 24. The average molecular weight is 913 g/mol. The monoisotopic (exact) mass is 913 g/mol. The van der Waals surface area contributed by atoms with E-state index in [1.807, 2.05) is 0 Å². The zero-order valence-electron chi connectivity index (χ0n) is 43.3. The second-order valence-electron chi connectivity index (χ2n) is 18.5. The summed E-state index contributed by atoms with van der Waals surface area (Å²) in [6.45, 7) is 16.9. The molecular weight excluding hydrogens is 805 g/mol. The third kappa shape index (κ3) is 47.2. The van der Waals surface area contributed by atoms with Crippen molar-refractivity contribution in [1.82, 2.24) is 9.80 Å². The van der Waals surface area contributed by atoms with Gasteiger partial charge in [0, 0.05) is 53.2 Å². The topological polar surface area (TPSA) is 96.0 Å². The van der Waals surface area contributed by atoms with Crippen molar-refractivity contribution in [2.24, 2.45) is 0 Å². The first-order valence-electron chi connectivity index (χ1n) is 27.4. The normalized spacial score (nSPS) is 11.8. The van der Waals surface area contributed by atoms with Crippen molar-refractivity contribution in [3.8, 4) is 0 Å². The van der Waals surface area contributed by atoms with Crippen molar-refractivity contribution in [3.63, 3.8) is 0 Å². The smallest absolute Gasteiger partial charge is 0.306 e. The number of hydrogen-bond donors (Lipinski definition) is 0. The van der Waals surface area contributed by atoms with Crippen LogP contribution in [0.5, 0.6) is 0 Å². The third-order valence-electron chi connectivity index (χ3n) is 12.5. The summed E-state index contributed by atoms with van der Waals surface area (Å²) >= 11 is 0. The van der Waals surface area contributed by atoms with Crippen LogP contribution in [0.15, 0.2) is 0 Å². The van der Waals surface area contributed by atoms with Gasteiger partial charge in [0.1, 0.15) is 6.10 Å². The number of hydrogen-bond acceptors (Lipinski definition) is 10. The standard InChI is InChI=1S/C54H108N2O8/c1-6-9-12-15-18-19-20-26-34-45-63-53(57)37-31-27-33-40-55(41-42-56(43-46-61-50-48-59-4)44-47-62-51-49-60-5)39-32-25-21-24-30-38-54(58)64-52(35-28-22-16-13-10-7-2)36-29-23-17-14-11-8-3/h52H,6-51H2,1-5H3. The van der Waals surface area contributed by atoms with Gasteiger partial charge in [-0.1, -0.05) is 162 Å². The van der Waals surface area contributed by atoms with Crippen molar-refractivity contribution in [2.45, 2.75) is 239 Å². The Kier molecular flexibility index (Phi) is 51.6. The van der Waals surface area contributed by atoms with Crippen LogP contribution in [0.4, 0.5) is 0 Å². The van der Waals surface area contributed by atoms with Crippen LogP contribution in [0.3, 0.4) is 0 Å². The van der Waals surface area contributed by atoms with E-state index in [1.54, 1.807) is 14.2 Å². The van der Waals surface area contributed by atoms with E-state index in [2.05, 4.69) is 30.6 Å². The zero-order chi connectivity index (χ0) is 46.7. The SMILES string of the molecule is CCCCCCCCCCCOC(=O)CCCCCN(CCCCCCCC(=O)OC(CCCCCCCC)CCCCCCCC)CCN(CCOCCOC)CCOCCOC. The molecule has 64 heavy (non-hydrogen) atoms. The van der Waals surface area contributed by atoms with Gasteiger partial charge in [-0.2, -0.15) is 0 Å². The van der Waals surface area contributed by atoms with Crippen LogP contribution in [0, 0.1) is 0 Å². The van der Waals surface area contributed by atoms with Crippen LogP contribution in [0.1, 0.15) is 233 Å². The molecule has 0 bridgehead atoms. The lowest BCUT2D eigenvalue weighted by Crippen LogP contribution is -2.39. The largest absolute Gasteiger partial charge is 0.466 e. The lowest BCUT2D eigenvalue weighted by Gasteiger charge is -2.28. The lowest BCUT2D eigenvalue weighted by atomic mass is 10.0. The van der Waals surface area contributed by atoms with Crippen molar-refractivity contribution in [2.75, 3.05) is 99.7 Å². The Hall–Kier alpha value is -1.30. The van der Waals surface area contributed by atoms with Gasteiger partial charge in [0.05, 0.1) is 46.2 Å². The molecular formula is C54H108N2O8. The van der Waals surface area contributed by atoms with E-state index in [0.29, 0.717) is 59.1 Å². The van der Waals surface area contributed by atoms with E-state index < -0.39 is 0 Å². The fourth-order valence-electron chi connectivity index (χ4n) is 8.23. The maximum atomic E-state index is 13.0. The molecule has 0 aliphatic rings. The minimum atomic E-state index is -0.0399. The summed E-state index contributed by atoms with van der Waals surface area (Å²) in [5.41, 5.74) is 0. The van der Waals surface area contributed by atoms with Gasteiger partial charge < -0.3 is 33.3 Å². The Balaban J connectivity index is 4.84. The number of ether oxygens (including phenoxy) is 6. The predicted octanol–water partition coefficient (Wildman–Crippen LogP) is 13.3. The van der Waals surface area contributed by atoms with Gasteiger partial charge >= 0.3 is 11.9 Å². The van der Waals surface area contributed by atoms with Crippen LogP contribution in [0.25, 0.3) is 0 Å². The Labute approximate surface area is 397 Å². The summed E-state index contributed by atoms with van der Waals surface area (Å²) < 4.78 is 33.6. The molecule has 0 spiro atoms. The molecule has 0 unspecified atom stereocenters. The summed E-state index contributed by atoms with van der Waals surface area (Å²) in [6, 6.07) is 0. The molecule has 0 aromatic rings. The van der Waals surface area contributed by atoms with E-state index in [-0.39, 0.29) is 18.0 Å². The number of nitrogens with zero attached hydrogens (tertiary/aromatic N) is 2. The molecule has 0 saturated heterocycles. The van der Waals surface area contributed by atoms with Crippen molar-refractivity contribution < 1.29 is 38.0 Å². The maximum absolute atomic E-state index is 13.0. The fraction of sp³-hybridized carbons (Fsp3) is 0.963. The number of rotatable bonds is 54. The minimum Gasteiger partial charge on any atom is -0.466 e. The highest BCUT2D eigenvalue weighted by Gasteiger charge is 2.15. The molecule has 0 aromatic carbocycles. The highest BCUT2D eigenvalue weighted by molar-refractivity contribution is 5.69. The van der Waals surface area contributed by atoms with Crippen LogP contribution in [-0.2, 0) is 38.0 Å². The van der Waals surface area contributed by atoms with E-state index in [1.165, 1.54) is 128 Å². The molecule has 0 amide bonds. The van der Waals surface area contributed by atoms with E-state index in [4.69, 9.17) is 28.4 Å². The Morgan fingerprint density at radius 1 is 0.359 bits per heavy atom. The van der Waals surface area contributed by atoms with Crippen LogP contribution < -0.4 is 0 Å². The molecule has 0 aliphatic carbocycles. The van der Waals surface area contributed by atoms with Gasteiger partial charge in [-0.05, 0) is 70.9 Å².